The second kappa shape index (κ2) is 7.51. The maximum atomic E-state index is 13.0. The van der Waals surface area contributed by atoms with Crippen LogP contribution < -0.4 is 10.1 Å². The van der Waals surface area contributed by atoms with Gasteiger partial charge in [-0.25, -0.2) is 4.39 Å². The van der Waals surface area contributed by atoms with Crippen LogP contribution in [-0.2, 0) is 4.79 Å². The number of hydrogen-bond donors (Lipinski definition) is 1. The van der Waals surface area contributed by atoms with Crippen molar-refractivity contribution >= 4 is 35.0 Å². The van der Waals surface area contributed by atoms with Crippen molar-refractivity contribution in [3.8, 4) is 5.75 Å². The van der Waals surface area contributed by atoms with Crippen molar-refractivity contribution in [1.82, 2.24) is 0 Å². The Labute approximate surface area is 137 Å². The molecule has 0 aliphatic rings. The summed E-state index contributed by atoms with van der Waals surface area (Å²) in [6.45, 7) is 1.79. The molecule has 0 aliphatic carbocycles. The Kier molecular flexibility index (Phi) is 5.69. The zero-order chi connectivity index (χ0) is 16.1. The highest BCUT2D eigenvalue weighted by Crippen LogP contribution is 2.28. The molecule has 1 atom stereocenters. The molecule has 3 nitrogen and oxygen atoms in total. The molecule has 1 amide bonds. The molecule has 6 heteroatoms. The van der Waals surface area contributed by atoms with Crippen LogP contribution >= 0.6 is 23.4 Å². The van der Waals surface area contributed by atoms with Gasteiger partial charge in [-0.3, -0.25) is 4.79 Å². The predicted molar refractivity (Wildman–Crippen MR) is 88.4 cm³/mol. The molecule has 2 aromatic rings. The van der Waals surface area contributed by atoms with Gasteiger partial charge in [0, 0.05) is 4.90 Å². The van der Waals surface area contributed by atoms with E-state index in [9.17, 15) is 9.18 Å². The molecule has 1 N–H and O–H groups in total. The van der Waals surface area contributed by atoms with Crippen molar-refractivity contribution in [2.45, 2.75) is 17.1 Å². The van der Waals surface area contributed by atoms with Gasteiger partial charge in [0.05, 0.1) is 23.1 Å². The Hall–Kier alpha value is -1.72. The van der Waals surface area contributed by atoms with Gasteiger partial charge in [-0.05, 0) is 43.3 Å². The minimum absolute atomic E-state index is 0.173. The third kappa shape index (κ3) is 4.39. The van der Waals surface area contributed by atoms with Crippen molar-refractivity contribution in [2.75, 3.05) is 12.4 Å². The average Bonchev–Trinajstić information content (AvgIpc) is 2.50. The lowest BCUT2D eigenvalue weighted by atomic mass is 10.3. The first-order chi connectivity index (χ1) is 10.5. The number of rotatable bonds is 5. The van der Waals surface area contributed by atoms with Gasteiger partial charge in [0.25, 0.3) is 0 Å². The number of thioether (sulfide) groups is 1. The number of anilines is 1. The number of carbonyl (C=O) groups excluding carboxylic acids is 1. The molecule has 0 aromatic heterocycles. The Morgan fingerprint density at radius 1 is 1.32 bits per heavy atom. The van der Waals surface area contributed by atoms with Crippen LogP contribution in [0.4, 0.5) is 10.1 Å². The second-order valence-electron chi connectivity index (χ2n) is 4.55. The van der Waals surface area contributed by atoms with E-state index in [4.69, 9.17) is 16.3 Å². The van der Waals surface area contributed by atoms with Crippen LogP contribution in [-0.4, -0.2) is 18.3 Å². The summed E-state index contributed by atoms with van der Waals surface area (Å²) in [6, 6.07) is 11.3. The molecule has 0 saturated carbocycles. The number of methoxy groups -OCH3 is 1. The van der Waals surface area contributed by atoms with E-state index < -0.39 is 5.82 Å². The number of amides is 1. The number of halogens is 2. The highest BCUT2D eigenvalue weighted by molar-refractivity contribution is 8.00. The maximum absolute atomic E-state index is 13.0. The van der Waals surface area contributed by atoms with Gasteiger partial charge in [-0.2, -0.15) is 0 Å². The smallest absolute Gasteiger partial charge is 0.237 e. The van der Waals surface area contributed by atoms with Gasteiger partial charge in [0.1, 0.15) is 11.6 Å². The molecule has 22 heavy (non-hydrogen) atoms. The maximum Gasteiger partial charge on any atom is 0.237 e. The minimum atomic E-state index is -0.443. The van der Waals surface area contributed by atoms with Gasteiger partial charge in [-0.15, -0.1) is 11.8 Å². The number of benzene rings is 2. The van der Waals surface area contributed by atoms with Crippen LogP contribution in [0, 0.1) is 5.82 Å². The Balaban J connectivity index is 2.02. The SMILES string of the molecule is COc1cccc(SC(C)C(=O)Nc2ccc(F)cc2Cl)c1. The van der Waals surface area contributed by atoms with Crippen LogP contribution in [0.3, 0.4) is 0 Å². The van der Waals surface area contributed by atoms with E-state index in [1.807, 2.05) is 24.3 Å². The molecule has 0 spiro atoms. The quantitative estimate of drug-likeness (QED) is 0.808. The molecule has 0 radical (unpaired) electrons. The van der Waals surface area contributed by atoms with Crippen LogP contribution in [0.2, 0.25) is 5.02 Å². The van der Waals surface area contributed by atoms with E-state index in [1.54, 1.807) is 14.0 Å². The molecule has 0 saturated heterocycles. The highest BCUT2D eigenvalue weighted by atomic mass is 35.5. The number of ether oxygens (including phenoxy) is 1. The molecular weight excluding hydrogens is 325 g/mol. The van der Waals surface area contributed by atoms with Crippen molar-refractivity contribution in [1.29, 1.82) is 0 Å². The van der Waals surface area contributed by atoms with Crippen LogP contribution in [0.15, 0.2) is 47.4 Å². The standard InChI is InChI=1S/C16H15ClFNO2S/c1-10(22-13-5-3-4-12(9-13)21-2)16(20)19-15-7-6-11(18)8-14(15)17/h3-10H,1-2H3,(H,19,20). The summed E-state index contributed by atoms with van der Waals surface area (Å²) in [5, 5.41) is 2.53. The Morgan fingerprint density at radius 2 is 2.09 bits per heavy atom. The van der Waals surface area contributed by atoms with Crippen molar-refractivity contribution in [3.63, 3.8) is 0 Å². The molecule has 0 heterocycles. The second-order valence-corrected chi connectivity index (χ2v) is 6.37. The molecule has 0 bridgehead atoms. The summed E-state index contributed by atoms with van der Waals surface area (Å²) in [5.74, 6) is 0.0855. The third-order valence-electron chi connectivity index (χ3n) is 2.91. The van der Waals surface area contributed by atoms with Crippen molar-refractivity contribution < 1.29 is 13.9 Å². The lowest BCUT2D eigenvalue weighted by molar-refractivity contribution is -0.115. The first-order valence-corrected chi connectivity index (χ1v) is 7.82. The first kappa shape index (κ1) is 16.6. The summed E-state index contributed by atoms with van der Waals surface area (Å²) in [5.41, 5.74) is 0.395. The van der Waals surface area contributed by atoms with Gasteiger partial charge in [0.2, 0.25) is 5.91 Å². The van der Waals surface area contributed by atoms with Gasteiger partial charge in [0.15, 0.2) is 0 Å². The summed E-state index contributed by atoms with van der Waals surface area (Å²) < 4.78 is 18.1. The van der Waals surface area contributed by atoms with Crippen LogP contribution in [0.25, 0.3) is 0 Å². The molecule has 1 unspecified atom stereocenters. The summed E-state index contributed by atoms with van der Waals surface area (Å²) in [6.07, 6.45) is 0. The van der Waals surface area contributed by atoms with E-state index in [-0.39, 0.29) is 16.2 Å². The normalized spacial score (nSPS) is 11.8. The molecule has 2 aromatic carbocycles. The number of nitrogens with one attached hydrogen (secondary N) is 1. The van der Waals surface area contributed by atoms with E-state index in [0.29, 0.717) is 5.69 Å². The summed E-state index contributed by atoms with van der Waals surface area (Å²) >= 11 is 7.30. The average molecular weight is 340 g/mol. The van der Waals surface area contributed by atoms with Crippen molar-refractivity contribution in [2.24, 2.45) is 0 Å². The van der Waals surface area contributed by atoms with E-state index in [1.165, 1.54) is 23.9 Å². The lowest BCUT2D eigenvalue weighted by Gasteiger charge is -2.13. The fourth-order valence-electron chi connectivity index (χ4n) is 1.76. The summed E-state index contributed by atoms with van der Waals surface area (Å²) in [7, 11) is 1.59. The highest BCUT2D eigenvalue weighted by Gasteiger charge is 2.16. The fraction of sp³-hybridized carbons (Fsp3) is 0.188. The van der Waals surface area contributed by atoms with E-state index in [0.717, 1.165) is 16.7 Å². The first-order valence-electron chi connectivity index (χ1n) is 6.56. The monoisotopic (exact) mass is 339 g/mol. The van der Waals surface area contributed by atoms with Gasteiger partial charge in [-0.1, -0.05) is 17.7 Å². The minimum Gasteiger partial charge on any atom is -0.497 e. The van der Waals surface area contributed by atoms with Crippen LogP contribution in [0.1, 0.15) is 6.92 Å². The molecular formula is C16H15ClFNO2S. The van der Waals surface area contributed by atoms with E-state index in [2.05, 4.69) is 5.32 Å². The van der Waals surface area contributed by atoms with Crippen LogP contribution in [0.5, 0.6) is 5.75 Å². The number of carbonyl (C=O) groups is 1. The number of hydrogen-bond acceptors (Lipinski definition) is 3. The fourth-order valence-corrected chi connectivity index (χ4v) is 2.89. The molecule has 2 rings (SSSR count). The Bertz CT molecular complexity index is 681. The van der Waals surface area contributed by atoms with Crippen molar-refractivity contribution in [3.05, 3.63) is 53.3 Å². The summed E-state index contributed by atoms with van der Waals surface area (Å²) in [4.78, 5) is 13.1. The van der Waals surface area contributed by atoms with E-state index >= 15 is 0 Å². The van der Waals surface area contributed by atoms with Gasteiger partial charge < -0.3 is 10.1 Å². The molecule has 0 fully saturated rings. The topological polar surface area (TPSA) is 38.3 Å². The third-order valence-corrected chi connectivity index (χ3v) is 4.32. The largest absolute Gasteiger partial charge is 0.497 e. The lowest BCUT2D eigenvalue weighted by Crippen LogP contribution is -2.22. The molecule has 116 valence electrons. The molecule has 0 aliphatic heterocycles. The Morgan fingerprint density at radius 3 is 2.77 bits per heavy atom. The zero-order valence-corrected chi connectivity index (χ0v) is 13.7. The predicted octanol–water partition coefficient (Wildman–Crippen LogP) is 4.61. The zero-order valence-electron chi connectivity index (χ0n) is 12.1. The van der Waals surface area contributed by atoms with Gasteiger partial charge >= 0.3 is 0 Å².